The zero-order valence-corrected chi connectivity index (χ0v) is 9.62. The molecule has 1 N–H and O–H groups in total. The summed E-state index contributed by atoms with van der Waals surface area (Å²) in [6.45, 7) is 3.87. The molecule has 2 nitrogen and oxygen atoms in total. The first-order valence-corrected chi connectivity index (χ1v) is 5.21. The van der Waals surface area contributed by atoms with Crippen LogP contribution < -0.4 is 0 Å². The molecule has 0 unspecified atom stereocenters. The van der Waals surface area contributed by atoms with Crippen LogP contribution in [-0.2, 0) is 5.41 Å². The van der Waals surface area contributed by atoms with Crippen LogP contribution in [0.1, 0.15) is 31.4 Å². The molecule has 0 heterocycles. The third-order valence-corrected chi connectivity index (χ3v) is 2.36. The second-order valence-electron chi connectivity index (χ2n) is 4.09. The first kappa shape index (κ1) is 12.3. The molecule has 0 aliphatic carbocycles. The van der Waals surface area contributed by atoms with Crippen molar-refractivity contribution in [2.45, 2.75) is 25.7 Å². The molecule has 0 radical (unpaired) electrons. The van der Waals surface area contributed by atoms with Crippen molar-refractivity contribution < 1.29 is 5.11 Å². The van der Waals surface area contributed by atoms with E-state index in [0.717, 1.165) is 11.1 Å². The molecular formula is C14H15NO. The minimum absolute atomic E-state index is 0.0898. The minimum Gasteiger partial charge on any atom is -0.395 e. The molecule has 0 amide bonds. The molecule has 0 aliphatic heterocycles. The maximum absolute atomic E-state index is 8.98. The standard InChI is InChI=1S/C14H15NO/c1-14(2,11-15)13-8-6-12(7-9-13)5-3-4-10-16/h6-9,16H,4,10H2,1-2H3. The Bertz CT molecular complexity index is 440. The van der Waals surface area contributed by atoms with E-state index in [9.17, 15) is 0 Å². The molecule has 0 saturated heterocycles. The summed E-state index contributed by atoms with van der Waals surface area (Å²) in [6.07, 6.45) is 0.492. The third kappa shape index (κ3) is 3.12. The number of hydrogen-bond donors (Lipinski definition) is 1. The molecule has 82 valence electrons. The number of aliphatic hydroxyl groups excluding tert-OH is 1. The van der Waals surface area contributed by atoms with E-state index in [-0.39, 0.29) is 6.61 Å². The first-order valence-electron chi connectivity index (χ1n) is 5.21. The Morgan fingerprint density at radius 1 is 1.25 bits per heavy atom. The van der Waals surface area contributed by atoms with Gasteiger partial charge in [-0.3, -0.25) is 0 Å². The number of hydrogen-bond acceptors (Lipinski definition) is 2. The highest BCUT2D eigenvalue weighted by Crippen LogP contribution is 2.21. The Morgan fingerprint density at radius 2 is 1.88 bits per heavy atom. The monoisotopic (exact) mass is 213 g/mol. The summed E-state index contributed by atoms with van der Waals surface area (Å²) in [4.78, 5) is 0. The van der Waals surface area contributed by atoms with E-state index in [4.69, 9.17) is 10.4 Å². The van der Waals surface area contributed by atoms with Crippen molar-refractivity contribution >= 4 is 0 Å². The molecule has 2 heteroatoms. The first-order chi connectivity index (χ1) is 7.60. The second-order valence-corrected chi connectivity index (χ2v) is 4.09. The Labute approximate surface area is 96.5 Å². The highest BCUT2D eigenvalue weighted by molar-refractivity contribution is 5.39. The van der Waals surface area contributed by atoms with Gasteiger partial charge in [0.1, 0.15) is 0 Å². The Kier molecular flexibility index (Phi) is 4.11. The van der Waals surface area contributed by atoms with Gasteiger partial charge in [0, 0.05) is 12.0 Å². The Hall–Kier alpha value is -1.77. The van der Waals surface area contributed by atoms with Crippen LogP contribution in [0, 0.1) is 23.2 Å². The van der Waals surface area contributed by atoms with Crippen molar-refractivity contribution in [2.24, 2.45) is 0 Å². The van der Waals surface area contributed by atoms with E-state index >= 15 is 0 Å². The molecule has 0 aromatic heterocycles. The summed E-state index contributed by atoms with van der Waals surface area (Å²) in [5.41, 5.74) is 1.44. The smallest absolute Gasteiger partial charge is 0.0766 e. The molecule has 1 aromatic carbocycles. The average molecular weight is 213 g/mol. The minimum atomic E-state index is -0.461. The summed E-state index contributed by atoms with van der Waals surface area (Å²) in [5.74, 6) is 5.81. The normalized spacial score (nSPS) is 10.1. The van der Waals surface area contributed by atoms with E-state index in [1.54, 1.807) is 0 Å². The summed E-state index contributed by atoms with van der Waals surface area (Å²) < 4.78 is 0. The van der Waals surface area contributed by atoms with Gasteiger partial charge in [-0.1, -0.05) is 24.0 Å². The fraction of sp³-hybridized carbons (Fsp3) is 0.357. The van der Waals surface area contributed by atoms with Crippen LogP contribution in [0.3, 0.4) is 0 Å². The quantitative estimate of drug-likeness (QED) is 0.765. The van der Waals surface area contributed by atoms with Gasteiger partial charge in [0.2, 0.25) is 0 Å². The van der Waals surface area contributed by atoms with Crippen molar-refractivity contribution in [1.29, 1.82) is 5.26 Å². The van der Waals surface area contributed by atoms with Crippen LogP contribution >= 0.6 is 0 Å². The third-order valence-electron chi connectivity index (χ3n) is 2.36. The summed E-state index contributed by atoms with van der Waals surface area (Å²) in [6, 6.07) is 9.91. The molecule has 0 bridgehead atoms. The van der Waals surface area contributed by atoms with Crippen molar-refractivity contribution in [2.75, 3.05) is 6.61 Å². The molecule has 0 fully saturated rings. The van der Waals surface area contributed by atoms with E-state index < -0.39 is 5.41 Å². The van der Waals surface area contributed by atoms with Crippen molar-refractivity contribution in [3.63, 3.8) is 0 Å². The van der Waals surface area contributed by atoms with Crippen LogP contribution in [0.4, 0.5) is 0 Å². The van der Waals surface area contributed by atoms with Gasteiger partial charge in [0.25, 0.3) is 0 Å². The fourth-order valence-electron chi connectivity index (χ4n) is 1.26. The zero-order valence-electron chi connectivity index (χ0n) is 9.62. The average Bonchev–Trinajstić information content (AvgIpc) is 2.30. The van der Waals surface area contributed by atoms with Crippen LogP contribution in [-0.4, -0.2) is 11.7 Å². The van der Waals surface area contributed by atoms with Crippen molar-refractivity contribution in [3.05, 3.63) is 35.4 Å². The van der Waals surface area contributed by atoms with Crippen LogP contribution in [0.2, 0.25) is 0 Å². The van der Waals surface area contributed by atoms with Crippen LogP contribution in [0.15, 0.2) is 24.3 Å². The molecule has 1 aromatic rings. The summed E-state index contributed by atoms with van der Waals surface area (Å²) in [7, 11) is 0. The lowest BCUT2D eigenvalue weighted by atomic mass is 9.86. The van der Waals surface area contributed by atoms with Gasteiger partial charge in [0.05, 0.1) is 18.1 Å². The maximum atomic E-state index is 8.98. The molecular weight excluding hydrogens is 198 g/mol. The van der Waals surface area contributed by atoms with Gasteiger partial charge in [0.15, 0.2) is 0 Å². The van der Waals surface area contributed by atoms with Gasteiger partial charge < -0.3 is 5.11 Å². The van der Waals surface area contributed by atoms with Gasteiger partial charge >= 0.3 is 0 Å². The van der Waals surface area contributed by atoms with Crippen LogP contribution in [0.25, 0.3) is 0 Å². The van der Waals surface area contributed by atoms with Crippen molar-refractivity contribution in [1.82, 2.24) is 0 Å². The van der Waals surface area contributed by atoms with Gasteiger partial charge in [-0.05, 0) is 31.5 Å². The van der Waals surface area contributed by atoms with Crippen molar-refractivity contribution in [3.8, 4) is 17.9 Å². The number of aliphatic hydroxyl groups is 1. The predicted octanol–water partition coefficient (Wildman–Crippen LogP) is 2.22. The summed E-state index contributed by atoms with van der Waals surface area (Å²) >= 11 is 0. The fourth-order valence-corrected chi connectivity index (χ4v) is 1.26. The SMILES string of the molecule is CC(C)(C#N)c1ccc(C#CCCO)cc1. The lowest BCUT2D eigenvalue weighted by Crippen LogP contribution is -2.13. The summed E-state index contributed by atoms with van der Waals surface area (Å²) in [5, 5.41) is 17.6. The maximum Gasteiger partial charge on any atom is 0.0766 e. The molecule has 1 rings (SSSR count). The largest absolute Gasteiger partial charge is 0.395 e. The van der Waals surface area contributed by atoms with Gasteiger partial charge in [-0.15, -0.1) is 0 Å². The van der Waals surface area contributed by atoms with E-state index in [1.165, 1.54) is 0 Å². The van der Waals surface area contributed by atoms with E-state index in [0.29, 0.717) is 6.42 Å². The molecule has 0 aliphatic rings. The number of nitrogens with zero attached hydrogens (tertiary/aromatic N) is 1. The van der Waals surface area contributed by atoms with Gasteiger partial charge in [-0.25, -0.2) is 0 Å². The zero-order chi connectivity index (χ0) is 12.0. The Morgan fingerprint density at radius 3 is 2.38 bits per heavy atom. The van der Waals surface area contributed by atoms with E-state index in [1.807, 2.05) is 38.1 Å². The predicted molar refractivity (Wildman–Crippen MR) is 63.7 cm³/mol. The molecule has 0 spiro atoms. The number of nitriles is 1. The highest BCUT2D eigenvalue weighted by atomic mass is 16.2. The molecule has 0 atom stereocenters. The lowest BCUT2D eigenvalue weighted by molar-refractivity contribution is 0.305. The second kappa shape index (κ2) is 5.35. The number of rotatable bonds is 2. The number of benzene rings is 1. The lowest BCUT2D eigenvalue weighted by Gasteiger charge is -2.15. The van der Waals surface area contributed by atoms with E-state index in [2.05, 4.69) is 17.9 Å². The van der Waals surface area contributed by atoms with Crippen LogP contribution in [0.5, 0.6) is 0 Å². The highest BCUT2D eigenvalue weighted by Gasteiger charge is 2.18. The molecule has 16 heavy (non-hydrogen) atoms. The Balaban J connectivity index is 2.86. The molecule has 0 saturated carbocycles. The van der Waals surface area contributed by atoms with Gasteiger partial charge in [-0.2, -0.15) is 5.26 Å². The topological polar surface area (TPSA) is 44.0 Å².